The largest absolute Gasteiger partial charge is 0.488 e. The number of nitrogens with one attached hydrogen (secondary N) is 2. The van der Waals surface area contributed by atoms with Crippen LogP contribution in [0.3, 0.4) is 0 Å². The van der Waals surface area contributed by atoms with Gasteiger partial charge in [-0.3, -0.25) is 10.0 Å². The van der Waals surface area contributed by atoms with Crippen molar-refractivity contribution >= 4 is 80.3 Å². The smallest absolute Gasteiger partial charge is 0.423 e. The maximum atomic E-state index is 12.7. The van der Waals surface area contributed by atoms with Crippen LogP contribution in [0.5, 0.6) is 0 Å². The number of hydrogen-bond acceptors (Lipinski definition) is 12. The monoisotopic (exact) mass is 812 g/mol. The Balaban J connectivity index is 0.000000156. The number of aromatic nitrogens is 5. The van der Waals surface area contributed by atoms with Crippen LogP contribution in [0.4, 0.5) is 29.1 Å². The lowest BCUT2D eigenvalue weighted by Gasteiger charge is -2.24. The molecule has 2 aliphatic rings. The molecule has 0 atom stereocenters. The van der Waals surface area contributed by atoms with Crippen LogP contribution in [0.15, 0.2) is 143 Å². The quantitative estimate of drug-likeness (QED) is 0.0734. The van der Waals surface area contributed by atoms with Gasteiger partial charge >= 0.3 is 7.12 Å². The number of hydroxylamine groups is 1. The summed E-state index contributed by atoms with van der Waals surface area (Å²) in [7, 11) is -1.35. The van der Waals surface area contributed by atoms with E-state index in [9.17, 15) is 15.2 Å². The van der Waals surface area contributed by atoms with Crippen molar-refractivity contribution in [3.8, 4) is 0 Å². The van der Waals surface area contributed by atoms with Crippen LogP contribution in [0, 0.1) is 6.92 Å². The van der Waals surface area contributed by atoms with Crippen molar-refractivity contribution in [1.82, 2.24) is 24.7 Å². The summed E-state index contributed by atoms with van der Waals surface area (Å²) in [6.07, 6.45) is 11.0. The Kier molecular flexibility index (Phi) is 12.5. The van der Waals surface area contributed by atoms with Gasteiger partial charge in [-0.25, -0.2) is 15.0 Å². The predicted octanol–water partition coefficient (Wildman–Crippen LogP) is 7.25. The molecule has 4 heterocycles. The van der Waals surface area contributed by atoms with Crippen molar-refractivity contribution in [1.29, 1.82) is 0 Å². The molecule has 6 aromatic rings. The zero-order chi connectivity index (χ0) is 39.8. The van der Waals surface area contributed by atoms with Crippen molar-refractivity contribution in [3.05, 3.63) is 165 Å². The summed E-state index contributed by atoms with van der Waals surface area (Å²) in [5.41, 5.74) is 6.36. The van der Waals surface area contributed by atoms with E-state index in [0.29, 0.717) is 54.6 Å². The van der Waals surface area contributed by atoms with Crippen LogP contribution in [-0.2, 0) is 0 Å². The highest BCUT2D eigenvalue weighted by atomic mass is 79.9. The Labute approximate surface area is 331 Å². The van der Waals surface area contributed by atoms with Gasteiger partial charge in [-0.15, -0.1) is 4.73 Å². The SMILES string of the molecule is C=C1C(Br)=Cc2cnc(Nc3ccccc3)nc2N1O.CC1=CCCC=C1c1cc2cnc(Nc3ccccc3)nc2n(O)c1=O.Cc1ccccc1B(O)O. The Morgan fingerprint density at radius 2 is 1.39 bits per heavy atom. The molecule has 1 aliphatic heterocycles. The number of anilines is 5. The van der Waals surface area contributed by atoms with Gasteiger partial charge < -0.3 is 25.9 Å². The fourth-order valence-electron chi connectivity index (χ4n) is 5.80. The van der Waals surface area contributed by atoms with Crippen LogP contribution in [-0.4, -0.2) is 52.2 Å². The minimum atomic E-state index is -1.35. The number of hydrogen-bond donors (Lipinski definition) is 6. The highest BCUT2D eigenvalue weighted by Gasteiger charge is 2.22. The second kappa shape index (κ2) is 17.8. The fraction of sp³-hybridized carbons (Fsp3) is 0.0976. The minimum Gasteiger partial charge on any atom is -0.423 e. The van der Waals surface area contributed by atoms with E-state index in [1.54, 1.807) is 30.6 Å². The van der Waals surface area contributed by atoms with Crippen LogP contribution in [0.1, 0.15) is 36.5 Å². The maximum absolute atomic E-state index is 12.7. The van der Waals surface area contributed by atoms with E-state index in [4.69, 9.17) is 10.0 Å². The molecule has 15 heteroatoms. The van der Waals surface area contributed by atoms with Gasteiger partial charge in [0.15, 0.2) is 11.5 Å². The van der Waals surface area contributed by atoms with E-state index in [2.05, 4.69) is 59.2 Å². The third-order valence-corrected chi connectivity index (χ3v) is 9.42. The minimum absolute atomic E-state index is 0.172. The number of nitrogens with zero attached hydrogens (tertiary/aromatic N) is 6. The average Bonchev–Trinajstić information content (AvgIpc) is 3.20. The van der Waals surface area contributed by atoms with E-state index < -0.39 is 12.7 Å². The van der Waals surface area contributed by atoms with Gasteiger partial charge in [-0.2, -0.15) is 9.97 Å². The lowest BCUT2D eigenvalue weighted by Crippen LogP contribution is -2.31. The molecular weight excluding hydrogens is 775 g/mol. The van der Waals surface area contributed by atoms with Crippen molar-refractivity contribution in [2.24, 2.45) is 0 Å². The summed E-state index contributed by atoms with van der Waals surface area (Å²) in [5.74, 6) is 1.12. The molecule has 3 aromatic carbocycles. The van der Waals surface area contributed by atoms with Gasteiger partial charge in [0.1, 0.15) is 0 Å². The highest BCUT2D eigenvalue weighted by Crippen LogP contribution is 2.34. The van der Waals surface area contributed by atoms with Crippen molar-refractivity contribution in [3.63, 3.8) is 0 Å². The lowest BCUT2D eigenvalue weighted by atomic mass is 9.77. The number of benzene rings is 3. The highest BCUT2D eigenvalue weighted by molar-refractivity contribution is 9.12. The molecule has 0 fully saturated rings. The van der Waals surface area contributed by atoms with Gasteiger partial charge in [0, 0.05) is 39.2 Å². The summed E-state index contributed by atoms with van der Waals surface area (Å²) in [6, 6.07) is 28.0. The van der Waals surface area contributed by atoms with Crippen LogP contribution in [0.25, 0.3) is 22.7 Å². The first-order chi connectivity index (χ1) is 27.0. The second-order valence-electron chi connectivity index (χ2n) is 12.7. The summed E-state index contributed by atoms with van der Waals surface area (Å²) in [4.78, 5) is 29.8. The maximum Gasteiger partial charge on any atom is 0.488 e. The molecule has 3 aromatic heterocycles. The zero-order valence-corrected chi connectivity index (χ0v) is 32.1. The van der Waals surface area contributed by atoms with Crippen molar-refractivity contribution < 1.29 is 20.5 Å². The molecule has 0 spiro atoms. The first-order valence-electron chi connectivity index (χ1n) is 17.5. The predicted molar refractivity (Wildman–Crippen MR) is 225 cm³/mol. The third kappa shape index (κ3) is 9.28. The van der Waals surface area contributed by atoms with Crippen LogP contribution < -0.4 is 26.7 Å². The number of aryl methyl sites for hydroxylation is 1. The molecule has 56 heavy (non-hydrogen) atoms. The van der Waals surface area contributed by atoms with Gasteiger partial charge in [0.25, 0.3) is 5.56 Å². The molecular formula is C41H38BBrN8O5. The molecule has 13 nitrogen and oxygen atoms in total. The number of halogens is 1. The molecule has 1 aliphatic carbocycles. The molecule has 0 saturated carbocycles. The first kappa shape index (κ1) is 39.3. The Hall–Kier alpha value is -6.39. The van der Waals surface area contributed by atoms with E-state index >= 15 is 0 Å². The molecule has 282 valence electrons. The normalized spacial score (nSPS) is 13.1. The summed E-state index contributed by atoms with van der Waals surface area (Å²) in [6.45, 7) is 7.58. The fourth-order valence-corrected chi connectivity index (χ4v) is 6.21. The van der Waals surface area contributed by atoms with Gasteiger partial charge in [-0.05, 0) is 95.6 Å². The molecule has 0 bridgehead atoms. The summed E-state index contributed by atoms with van der Waals surface area (Å²) >= 11 is 3.32. The molecule has 0 radical (unpaired) electrons. The van der Waals surface area contributed by atoms with E-state index in [0.717, 1.165) is 46.0 Å². The molecule has 6 N–H and O–H groups in total. The van der Waals surface area contributed by atoms with Crippen LogP contribution >= 0.6 is 15.9 Å². The van der Waals surface area contributed by atoms with Crippen molar-refractivity contribution in [2.45, 2.75) is 26.7 Å². The molecule has 0 amide bonds. The Morgan fingerprint density at radius 3 is 2.00 bits per heavy atom. The van der Waals surface area contributed by atoms with Crippen LogP contribution in [0.2, 0.25) is 0 Å². The number of allylic oxidation sites excluding steroid dienone is 5. The Morgan fingerprint density at radius 1 is 0.804 bits per heavy atom. The van der Waals surface area contributed by atoms with Gasteiger partial charge in [0.2, 0.25) is 11.9 Å². The van der Waals surface area contributed by atoms with Crippen molar-refractivity contribution in [2.75, 3.05) is 15.7 Å². The zero-order valence-electron chi connectivity index (χ0n) is 30.5. The Bertz CT molecular complexity index is 2530. The lowest BCUT2D eigenvalue weighted by molar-refractivity contribution is 0.186. The number of pyridine rings is 1. The second-order valence-corrected chi connectivity index (χ2v) is 13.5. The number of para-hydroxylation sites is 2. The van der Waals surface area contributed by atoms with E-state index in [1.807, 2.05) is 98.8 Å². The molecule has 0 unspecified atom stereocenters. The third-order valence-electron chi connectivity index (χ3n) is 8.74. The number of rotatable bonds is 6. The summed E-state index contributed by atoms with van der Waals surface area (Å²) < 4.78 is 1.30. The molecule has 8 rings (SSSR count). The van der Waals surface area contributed by atoms with E-state index in [1.165, 1.54) is 0 Å². The summed E-state index contributed by atoms with van der Waals surface area (Å²) in [5, 5.41) is 45.6. The van der Waals surface area contributed by atoms with E-state index in [-0.39, 0.29) is 5.65 Å². The topological polar surface area (TPSA) is 182 Å². The average molecular weight is 814 g/mol. The number of fused-ring (bicyclic) bond motifs is 2. The first-order valence-corrected chi connectivity index (χ1v) is 18.3. The molecule has 0 saturated heterocycles. The standard InChI is InChI=1S/C20H18N4O2.C14H11BrN4O.C7H9BO2/c1-13-7-5-6-10-16(13)17-11-14-12-21-20(22-15-8-3-2-4-9-15)23-18(14)24(26)19(17)25;1-9-12(15)7-10-8-16-14(18-13(10)19(9)20)17-11-5-3-2-4-6-11;1-6-4-2-3-5-7(6)8(9)10/h2-4,7-12,26H,5-6H2,1H3,(H,21,22,23);2-8,20H,1H2,(H,16,17,18);2-5,9-10H,1H3. The van der Waals surface area contributed by atoms with Gasteiger partial charge in [-0.1, -0.05) is 85.0 Å². The van der Waals surface area contributed by atoms with Gasteiger partial charge in [0.05, 0.1) is 11.3 Å².